The molecule has 3 rings (SSSR count). The van der Waals surface area contributed by atoms with E-state index < -0.39 is 0 Å². The van der Waals surface area contributed by atoms with Crippen LogP contribution in [0.15, 0.2) is 23.8 Å². The van der Waals surface area contributed by atoms with E-state index in [-0.39, 0.29) is 12.8 Å². The van der Waals surface area contributed by atoms with Crippen molar-refractivity contribution in [3.05, 3.63) is 23.8 Å². The summed E-state index contributed by atoms with van der Waals surface area (Å²) in [4.78, 5) is 23.5. The highest BCUT2D eigenvalue weighted by molar-refractivity contribution is 5.81. The number of rotatable bonds is 4. The first kappa shape index (κ1) is 23.9. The smallest absolute Gasteiger partial charge is 0.142 e. The van der Waals surface area contributed by atoms with Gasteiger partial charge in [-0.25, -0.2) is 0 Å². The van der Waals surface area contributed by atoms with E-state index in [4.69, 9.17) is 0 Å². The van der Waals surface area contributed by atoms with Gasteiger partial charge in [-0.3, -0.25) is 9.59 Å². The third-order valence-corrected chi connectivity index (χ3v) is 7.51. The molecular formula is C25H42O2. The molecule has 0 aromatic carbocycles. The monoisotopic (exact) mass is 374 g/mol. The Morgan fingerprint density at radius 1 is 1.07 bits per heavy atom. The molecule has 0 aliphatic heterocycles. The van der Waals surface area contributed by atoms with Gasteiger partial charge in [0.15, 0.2) is 0 Å². The second kappa shape index (κ2) is 10.4. The summed E-state index contributed by atoms with van der Waals surface area (Å²) < 4.78 is 0. The van der Waals surface area contributed by atoms with Gasteiger partial charge < -0.3 is 0 Å². The van der Waals surface area contributed by atoms with Gasteiger partial charge in [0, 0.05) is 17.8 Å². The zero-order valence-corrected chi connectivity index (χ0v) is 17.5. The largest absolute Gasteiger partial charge is 0.299 e. The van der Waals surface area contributed by atoms with Crippen molar-refractivity contribution in [2.24, 2.45) is 35.0 Å². The van der Waals surface area contributed by atoms with Crippen LogP contribution < -0.4 is 0 Å². The molecule has 3 fully saturated rings. The molecule has 0 N–H and O–H groups in total. The molecule has 0 aromatic heterocycles. The predicted octanol–water partition coefficient (Wildman–Crippen LogP) is 6.80. The van der Waals surface area contributed by atoms with Crippen LogP contribution in [0.5, 0.6) is 0 Å². The van der Waals surface area contributed by atoms with Gasteiger partial charge in [-0.2, -0.15) is 0 Å². The minimum atomic E-state index is 0. The fourth-order valence-electron chi connectivity index (χ4n) is 6.50. The number of hydrogen-bond acceptors (Lipinski definition) is 2. The van der Waals surface area contributed by atoms with Crippen molar-refractivity contribution in [2.75, 3.05) is 0 Å². The summed E-state index contributed by atoms with van der Waals surface area (Å²) in [5.74, 6) is 3.54. The molecule has 3 saturated carbocycles. The Kier molecular flexibility index (Phi) is 9.18. The average Bonchev–Trinajstić information content (AvgIpc) is 3.10. The van der Waals surface area contributed by atoms with Gasteiger partial charge in [-0.1, -0.05) is 52.8 Å². The van der Waals surface area contributed by atoms with Crippen molar-refractivity contribution in [2.45, 2.75) is 87.0 Å². The van der Waals surface area contributed by atoms with Gasteiger partial charge in [0.25, 0.3) is 0 Å². The molecule has 154 valence electrons. The molecule has 0 saturated heterocycles. The number of fused-ring (bicyclic) bond motifs is 3. The molecule has 3 aliphatic rings. The average molecular weight is 375 g/mol. The third kappa shape index (κ3) is 4.30. The van der Waals surface area contributed by atoms with E-state index in [1.54, 1.807) is 0 Å². The van der Waals surface area contributed by atoms with Crippen molar-refractivity contribution >= 4 is 12.1 Å². The Morgan fingerprint density at radius 2 is 1.74 bits per heavy atom. The zero-order valence-electron chi connectivity index (χ0n) is 17.5. The van der Waals surface area contributed by atoms with Crippen molar-refractivity contribution in [1.29, 1.82) is 0 Å². The Hall–Kier alpha value is -1.18. The maximum atomic E-state index is 12.3. The number of aldehydes is 1. The lowest BCUT2D eigenvalue weighted by atomic mass is 9.51. The minimum Gasteiger partial charge on any atom is -0.299 e. The quantitative estimate of drug-likeness (QED) is 0.308. The third-order valence-electron chi connectivity index (χ3n) is 7.51. The molecule has 3 aliphatic carbocycles. The number of carbonyl (C=O) groups excluding carboxylic acids is 2. The lowest BCUT2D eigenvalue weighted by Crippen LogP contribution is -2.45. The van der Waals surface area contributed by atoms with Crippen molar-refractivity contribution in [3.8, 4) is 0 Å². The van der Waals surface area contributed by atoms with Gasteiger partial charge in [-0.15, -0.1) is 0 Å². The highest BCUT2D eigenvalue weighted by atomic mass is 16.1. The van der Waals surface area contributed by atoms with Gasteiger partial charge in [-0.05, 0) is 75.2 Å². The Labute approximate surface area is 167 Å². The number of ketones is 1. The maximum absolute atomic E-state index is 12.3. The summed E-state index contributed by atoms with van der Waals surface area (Å²) >= 11 is 0. The molecule has 2 heteroatoms. The number of carbonyl (C=O) groups is 2. The Morgan fingerprint density at radius 3 is 2.33 bits per heavy atom. The molecule has 0 spiro atoms. The first-order chi connectivity index (χ1) is 12.6. The van der Waals surface area contributed by atoms with Gasteiger partial charge in [0.1, 0.15) is 12.1 Å². The van der Waals surface area contributed by atoms with Crippen LogP contribution in [0.2, 0.25) is 0 Å². The first-order valence-electron chi connectivity index (χ1n) is 10.9. The van der Waals surface area contributed by atoms with Gasteiger partial charge in [0.2, 0.25) is 0 Å². The van der Waals surface area contributed by atoms with Crippen LogP contribution >= 0.6 is 0 Å². The minimum absolute atomic E-state index is 0. The summed E-state index contributed by atoms with van der Waals surface area (Å²) in [5, 5.41) is 0. The van der Waals surface area contributed by atoms with Crippen molar-refractivity contribution in [1.82, 2.24) is 0 Å². The molecule has 0 aromatic rings. The molecule has 27 heavy (non-hydrogen) atoms. The summed E-state index contributed by atoms with van der Waals surface area (Å²) in [7, 11) is 0. The highest BCUT2D eigenvalue weighted by Crippen LogP contribution is 2.61. The van der Waals surface area contributed by atoms with Gasteiger partial charge >= 0.3 is 0 Å². The summed E-state index contributed by atoms with van der Waals surface area (Å²) in [6.45, 7) is 10.4. The van der Waals surface area contributed by atoms with Crippen molar-refractivity contribution in [3.63, 3.8) is 0 Å². The Balaban J connectivity index is 0.00000118. The van der Waals surface area contributed by atoms with Gasteiger partial charge in [0.05, 0.1) is 0 Å². The lowest BCUT2D eigenvalue weighted by Gasteiger charge is -2.53. The lowest BCUT2D eigenvalue weighted by molar-refractivity contribution is -0.124. The zero-order chi connectivity index (χ0) is 19.3. The SMILES string of the molecule is C.C/C=C\C1(C)/C(=C\C=O)CCC2C3CCC(C(=O)CC)C3CCC21.CC. The second-order valence-corrected chi connectivity index (χ2v) is 8.33. The van der Waals surface area contributed by atoms with Crippen LogP contribution in [0.1, 0.15) is 87.0 Å². The summed E-state index contributed by atoms with van der Waals surface area (Å²) in [6, 6.07) is 0. The molecular weight excluding hydrogens is 332 g/mol. The summed E-state index contributed by atoms with van der Waals surface area (Å²) in [6.07, 6.45) is 15.0. The molecule has 0 radical (unpaired) electrons. The number of hydrogen-bond donors (Lipinski definition) is 0. The molecule has 6 unspecified atom stereocenters. The van der Waals surface area contributed by atoms with E-state index in [1.807, 2.05) is 26.8 Å². The summed E-state index contributed by atoms with van der Waals surface area (Å²) in [5.41, 5.74) is 1.34. The topological polar surface area (TPSA) is 34.1 Å². The number of Topliss-reactive ketones (excluding diaryl/α,β-unsaturated/α-hetero) is 1. The van der Waals surface area contributed by atoms with E-state index in [9.17, 15) is 9.59 Å². The molecule has 6 atom stereocenters. The van der Waals surface area contributed by atoms with E-state index in [2.05, 4.69) is 26.0 Å². The fourth-order valence-corrected chi connectivity index (χ4v) is 6.50. The second-order valence-electron chi connectivity index (χ2n) is 8.33. The molecule has 0 amide bonds. The van der Waals surface area contributed by atoms with E-state index >= 15 is 0 Å². The molecule has 2 nitrogen and oxygen atoms in total. The van der Waals surface area contributed by atoms with E-state index in [0.717, 1.165) is 31.0 Å². The standard InChI is InChI=1S/C22H32O2.C2H6.CH4/c1-4-13-22(3)15(12-14-23)6-7-18-16-8-9-19(21(24)5-2)17(16)10-11-20(18)22;1-2;/h4,12-14,16-20H,5-11H2,1-3H3;1-2H3;1H4/b13-4-,15-12-;;. The van der Waals surface area contributed by atoms with E-state index in [0.29, 0.717) is 30.0 Å². The Bertz CT molecular complexity index is 559. The van der Waals surface area contributed by atoms with Crippen LogP contribution in [0.25, 0.3) is 0 Å². The normalized spacial score (nSPS) is 39.0. The van der Waals surface area contributed by atoms with Crippen LogP contribution in [0.3, 0.4) is 0 Å². The van der Waals surface area contributed by atoms with Crippen LogP contribution in [0, 0.1) is 35.0 Å². The van der Waals surface area contributed by atoms with Crippen LogP contribution in [0.4, 0.5) is 0 Å². The van der Waals surface area contributed by atoms with Crippen LogP contribution in [-0.4, -0.2) is 12.1 Å². The number of allylic oxidation sites excluding steroid dienone is 4. The fraction of sp³-hybridized carbons (Fsp3) is 0.760. The maximum Gasteiger partial charge on any atom is 0.142 e. The van der Waals surface area contributed by atoms with Crippen LogP contribution in [-0.2, 0) is 9.59 Å². The predicted molar refractivity (Wildman–Crippen MR) is 116 cm³/mol. The molecule has 0 bridgehead atoms. The first-order valence-corrected chi connectivity index (χ1v) is 10.9. The van der Waals surface area contributed by atoms with E-state index in [1.165, 1.54) is 31.3 Å². The van der Waals surface area contributed by atoms with Crippen molar-refractivity contribution < 1.29 is 9.59 Å². The molecule has 0 heterocycles. The highest BCUT2D eigenvalue weighted by Gasteiger charge is 2.53.